The van der Waals surface area contributed by atoms with Crippen LogP contribution in [0.15, 0.2) is 12.1 Å². The molecule has 1 aromatic carbocycles. The summed E-state index contributed by atoms with van der Waals surface area (Å²) in [5, 5.41) is 10.5. The van der Waals surface area contributed by atoms with E-state index >= 15 is 0 Å². The lowest BCUT2D eigenvalue weighted by atomic mass is 9.48. The topological polar surface area (TPSA) is 76.1 Å². The van der Waals surface area contributed by atoms with Crippen LogP contribution in [-0.2, 0) is 26.2 Å². The highest BCUT2D eigenvalue weighted by atomic mass is 35.5. The number of alkyl halides is 1. The van der Waals surface area contributed by atoms with E-state index < -0.39 is 23.1 Å². The number of ether oxygens (including phenoxy) is 2. The zero-order chi connectivity index (χ0) is 20.0. The molecule has 7 heteroatoms. The maximum Gasteiger partial charge on any atom is 0.321 e. The van der Waals surface area contributed by atoms with E-state index in [2.05, 4.69) is 4.90 Å². The number of ketones is 1. The summed E-state index contributed by atoms with van der Waals surface area (Å²) in [5.74, 6) is 0.532. The Bertz CT molecular complexity index is 930. The second kappa shape index (κ2) is 5.88. The van der Waals surface area contributed by atoms with Gasteiger partial charge in [-0.3, -0.25) is 14.5 Å². The van der Waals surface area contributed by atoms with Crippen molar-refractivity contribution in [1.82, 2.24) is 4.90 Å². The number of carbonyl (C=O) groups excluding carboxylic acids is 2. The van der Waals surface area contributed by atoms with Gasteiger partial charge in [0.15, 0.2) is 23.4 Å². The molecule has 0 radical (unpaired) electrons. The number of carbonyl (C=O) groups is 2. The molecule has 3 fully saturated rings. The van der Waals surface area contributed by atoms with Gasteiger partial charge in [-0.25, -0.2) is 0 Å². The van der Waals surface area contributed by atoms with Crippen LogP contribution in [0.1, 0.15) is 43.2 Å². The number of hydrogen-bond acceptors (Lipinski definition) is 6. The fourth-order valence-electron chi connectivity index (χ4n) is 6.67. The number of halogens is 1. The molecule has 1 aromatic rings. The average Bonchev–Trinajstić information content (AvgIpc) is 3.45. The SMILES string of the molecule is O=C(CCl)OC12CCC(=O)[C@H]3Oc4c(O)ccc5c4C31CCN(CC1CC1)C2C5. The Morgan fingerprint density at radius 3 is 2.93 bits per heavy atom. The monoisotopic (exact) mass is 417 g/mol. The molecule has 3 unspecified atom stereocenters. The standard InChI is InChI=1S/C22H24ClNO5/c23-10-17(27)29-22-6-5-15(26)20-21(22)7-8-24(11-12-1-2-12)16(22)9-13-3-4-14(25)19(28-20)18(13)21/h3-4,12,16,20,25H,1-2,5-11H2/t16?,20-,21?,22?/m1/s1. The van der Waals surface area contributed by atoms with Gasteiger partial charge in [-0.1, -0.05) is 6.07 Å². The van der Waals surface area contributed by atoms with E-state index in [0.717, 1.165) is 30.6 Å². The lowest BCUT2D eigenvalue weighted by Gasteiger charge is -2.63. The molecular formula is C22H24ClNO5. The van der Waals surface area contributed by atoms with Crippen molar-refractivity contribution >= 4 is 23.4 Å². The number of likely N-dealkylation sites (tertiary alicyclic amines) is 1. The predicted molar refractivity (Wildman–Crippen MR) is 104 cm³/mol. The molecule has 2 bridgehead atoms. The first-order valence-electron chi connectivity index (χ1n) is 10.6. The Balaban J connectivity index is 1.59. The Kier molecular flexibility index (Phi) is 3.66. The number of hydrogen-bond donors (Lipinski definition) is 1. The number of aromatic hydroxyl groups is 1. The van der Waals surface area contributed by atoms with Crippen LogP contribution < -0.4 is 4.74 Å². The van der Waals surface area contributed by atoms with Crippen LogP contribution >= 0.6 is 11.6 Å². The average molecular weight is 418 g/mol. The van der Waals surface area contributed by atoms with Crippen molar-refractivity contribution in [2.75, 3.05) is 19.0 Å². The summed E-state index contributed by atoms with van der Waals surface area (Å²) in [4.78, 5) is 28.0. The highest BCUT2D eigenvalue weighted by molar-refractivity contribution is 6.26. The summed E-state index contributed by atoms with van der Waals surface area (Å²) < 4.78 is 12.4. The normalized spacial score (nSPS) is 37.1. The Hall–Kier alpha value is -1.79. The van der Waals surface area contributed by atoms with Gasteiger partial charge < -0.3 is 14.6 Å². The minimum atomic E-state index is -0.850. The van der Waals surface area contributed by atoms with Gasteiger partial charge in [0.1, 0.15) is 11.5 Å². The lowest BCUT2D eigenvalue weighted by Crippen LogP contribution is -2.77. The van der Waals surface area contributed by atoms with Crippen LogP contribution in [0.5, 0.6) is 11.5 Å². The molecule has 2 aliphatic heterocycles. The summed E-state index contributed by atoms with van der Waals surface area (Å²) in [6, 6.07) is 3.60. The summed E-state index contributed by atoms with van der Waals surface area (Å²) in [6.45, 7) is 1.84. The third kappa shape index (κ3) is 2.17. The van der Waals surface area contributed by atoms with E-state index in [1.807, 2.05) is 6.07 Å². The molecule has 4 atom stereocenters. The van der Waals surface area contributed by atoms with Crippen LogP contribution in [0.4, 0.5) is 0 Å². The first-order chi connectivity index (χ1) is 14.0. The summed E-state index contributed by atoms with van der Waals surface area (Å²) in [5.41, 5.74) is 0.394. The fraction of sp³-hybridized carbons (Fsp3) is 0.636. The van der Waals surface area contributed by atoms with Crippen molar-refractivity contribution in [3.8, 4) is 11.5 Å². The molecule has 6 nitrogen and oxygen atoms in total. The van der Waals surface area contributed by atoms with Gasteiger partial charge in [0.25, 0.3) is 0 Å². The smallest absolute Gasteiger partial charge is 0.321 e. The molecule has 0 aromatic heterocycles. The molecule has 5 aliphatic rings. The largest absolute Gasteiger partial charge is 0.504 e. The Morgan fingerprint density at radius 2 is 2.17 bits per heavy atom. The Morgan fingerprint density at radius 1 is 1.34 bits per heavy atom. The van der Waals surface area contributed by atoms with E-state index in [1.54, 1.807) is 6.07 Å². The van der Waals surface area contributed by atoms with Gasteiger partial charge in [-0.05, 0) is 56.2 Å². The predicted octanol–water partition coefficient (Wildman–Crippen LogP) is 2.32. The van der Waals surface area contributed by atoms with Crippen LogP contribution in [0.2, 0.25) is 0 Å². The van der Waals surface area contributed by atoms with Crippen LogP contribution in [0.3, 0.4) is 0 Å². The first-order valence-corrected chi connectivity index (χ1v) is 11.1. The molecular weight excluding hydrogens is 394 g/mol. The van der Waals surface area contributed by atoms with Crippen molar-refractivity contribution in [3.63, 3.8) is 0 Å². The van der Waals surface area contributed by atoms with Crippen molar-refractivity contribution in [3.05, 3.63) is 23.3 Å². The first kappa shape index (κ1) is 18.0. The number of Topliss-reactive ketones (excluding diaryl/α,β-unsaturated/α-hetero) is 1. The lowest BCUT2D eigenvalue weighted by molar-refractivity contribution is -0.214. The summed E-state index contributed by atoms with van der Waals surface area (Å²) in [7, 11) is 0. The second-order valence-corrected chi connectivity index (χ2v) is 9.56. The molecule has 1 spiro atoms. The number of esters is 1. The van der Waals surface area contributed by atoms with Crippen molar-refractivity contribution in [2.45, 2.75) is 61.7 Å². The highest BCUT2D eigenvalue weighted by Crippen LogP contribution is 2.66. The van der Waals surface area contributed by atoms with E-state index in [4.69, 9.17) is 21.1 Å². The third-order valence-electron chi connectivity index (χ3n) is 7.92. The Labute approximate surface area is 174 Å². The second-order valence-electron chi connectivity index (χ2n) is 9.29. The van der Waals surface area contributed by atoms with E-state index in [1.165, 1.54) is 12.8 Å². The number of nitrogens with zero attached hydrogens (tertiary/aromatic N) is 1. The molecule has 6 rings (SSSR count). The zero-order valence-electron chi connectivity index (χ0n) is 16.2. The molecule has 154 valence electrons. The van der Waals surface area contributed by atoms with Crippen molar-refractivity contribution < 1.29 is 24.2 Å². The van der Waals surface area contributed by atoms with E-state index in [-0.39, 0.29) is 23.5 Å². The van der Waals surface area contributed by atoms with Gasteiger partial charge in [-0.2, -0.15) is 0 Å². The molecule has 3 aliphatic carbocycles. The zero-order valence-corrected chi connectivity index (χ0v) is 16.9. The van der Waals surface area contributed by atoms with Crippen molar-refractivity contribution in [2.24, 2.45) is 5.92 Å². The summed E-state index contributed by atoms with van der Waals surface area (Å²) >= 11 is 5.86. The molecule has 0 amide bonds. The van der Waals surface area contributed by atoms with E-state index in [0.29, 0.717) is 30.9 Å². The minimum absolute atomic E-state index is 0.00814. The van der Waals surface area contributed by atoms with Crippen LogP contribution in [0, 0.1) is 5.92 Å². The number of phenolic OH excluding ortho intramolecular Hbond substituents is 1. The van der Waals surface area contributed by atoms with Gasteiger partial charge in [0.05, 0.1) is 11.5 Å². The maximum absolute atomic E-state index is 13.0. The number of phenols is 1. The molecule has 1 N–H and O–H groups in total. The molecule has 1 saturated heterocycles. The van der Waals surface area contributed by atoms with Crippen molar-refractivity contribution in [1.29, 1.82) is 0 Å². The quantitative estimate of drug-likeness (QED) is 0.598. The number of piperidine rings is 1. The molecule has 29 heavy (non-hydrogen) atoms. The molecule has 2 heterocycles. The van der Waals surface area contributed by atoms with Gasteiger partial charge in [0.2, 0.25) is 0 Å². The third-order valence-corrected chi connectivity index (χ3v) is 8.14. The molecule has 2 saturated carbocycles. The number of benzene rings is 1. The minimum Gasteiger partial charge on any atom is -0.504 e. The van der Waals surface area contributed by atoms with Crippen LogP contribution in [0.25, 0.3) is 0 Å². The fourth-order valence-corrected chi connectivity index (χ4v) is 6.73. The number of rotatable bonds is 4. The van der Waals surface area contributed by atoms with Gasteiger partial charge in [-0.15, -0.1) is 11.6 Å². The van der Waals surface area contributed by atoms with Crippen LogP contribution in [-0.4, -0.2) is 58.5 Å². The van der Waals surface area contributed by atoms with Gasteiger partial charge in [0, 0.05) is 18.5 Å². The highest BCUT2D eigenvalue weighted by Gasteiger charge is 2.75. The maximum atomic E-state index is 13.0. The summed E-state index contributed by atoms with van der Waals surface area (Å²) in [6.07, 6.45) is 3.97. The van der Waals surface area contributed by atoms with Gasteiger partial charge >= 0.3 is 5.97 Å². The van der Waals surface area contributed by atoms with E-state index in [9.17, 15) is 14.7 Å².